The molecule has 1 aromatic heterocycles. The van der Waals surface area contributed by atoms with Gasteiger partial charge in [0.15, 0.2) is 0 Å². The van der Waals surface area contributed by atoms with E-state index in [0.717, 1.165) is 6.42 Å². The number of alkyl halides is 1. The summed E-state index contributed by atoms with van der Waals surface area (Å²) >= 11 is 8.17. The van der Waals surface area contributed by atoms with Gasteiger partial charge in [-0.3, -0.25) is 0 Å². The number of hydrogen-bond donors (Lipinski definition) is 0. The van der Waals surface area contributed by atoms with Gasteiger partial charge in [-0.25, -0.2) is 0 Å². The van der Waals surface area contributed by atoms with Gasteiger partial charge in [-0.2, -0.15) is 11.3 Å². The molecule has 0 nitrogen and oxygen atoms in total. The van der Waals surface area contributed by atoms with Crippen molar-refractivity contribution in [2.45, 2.75) is 25.6 Å². The van der Waals surface area contributed by atoms with Crippen LogP contribution in [0.15, 0.2) is 35.0 Å². The molecular weight excluding hydrogens is 236 g/mol. The minimum atomic E-state index is 0.0908. The van der Waals surface area contributed by atoms with E-state index in [1.54, 1.807) is 11.3 Å². The number of thiophene rings is 1. The molecule has 1 atom stereocenters. The number of rotatable bonds is 3. The standard InChI is InChI=1S/C14H15ClS/c1-10-4-3-5-12(6-10)7-14(15)13-9-16-8-11(13)2/h3-6,8-9,14H,7H2,1-2H3. The van der Waals surface area contributed by atoms with Crippen molar-refractivity contribution >= 4 is 22.9 Å². The van der Waals surface area contributed by atoms with E-state index in [1.165, 1.54) is 22.3 Å². The van der Waals surface area contributed by atoms with Crippen LogP contribution in [-0.2, 0) is 6.42 Å². The molecule has 2 rings (SSSR count). The highest BCUT2D eigenvalue weighted by atomic mass is 35.5. The molecule has 0 aliphatic carbocycles. The molecule has 0 aliphatic heterocycles. The molecule has 0 fully saturated rings. The largest absolute Gasteiger partial charge is 0.152 e. The van der Waals surface area contributed by atoms with Crippen LogP contribution >= 0.6 is 22.9 Å². The first-order valence-corrected chi connectivity index (χ1v) is 6.77. The van der Waals surface area contributed by atoms with Crippen LogP contribution in [0.2, 0.25) is 0 Å². The van der Waals surface area contributed by atoms with Crippen LogP contribution < -0.4 is 0 Å². The maximum atomic E-state index is 6.45. The Labute approximate surface area is 106 Å². The lowest BCUT2D eigenvalue weighted by Crippen LogP contribution is -1.96. The summed E-state index contributed by atoms with van der Waals surface area (Å²) < 4.78 is 0. The first-order valence-electron chi connectivity index (χ1n) is 5.39. The van der Waals surface area contributed by atoms with Crippen molar-refractivity contribution in [3.8, 4) is 0 Å². The fourth-order valence-corrected chi connectivity index (χ4v) is 3.24. The first-order chi connectivity index (χ1) is 7.66. The van der Waals surface area contributed by atoms with Gasteiger partial charge in [0.05, 0.1) is 5.38 Å². The monoisotopic (exact) mass is 250 g/mol. The smallest absolute Gasteiger partial charge is 0.0636 e. The average molecular weight is 251 g/mol. The molecule has 1 heterocycles. The van der Waals surface area contributed by atoms with Gasteiger partial charge in [-0.1, -0.05) is 29.8 Å². The second-order valence-corrected chi connectivity index (χ2v) is 5.44. The molecule has 2 aromatic rings. The molecule has 0 aliphatic rings. The maximum Gasteiger partial charge on any atom is 0.0636 e. The van der Waals surface area contributed by atoms with Crippen LogP contribution in [0.5, 0.6) is 0 Å². The van der Waals surface area contributed by atoms with E-state index in [0.29, 0.717) is 0 Å². The van der Waals surface area contributed by atoms with Crippen LogP contribution in [-0.4, -0.2) is 0 Å². The van der Waals surface area contributed by atoms with Gasteiger partial charge in [0.2, 0.25) is 0 Å². The number of benzene rings is 1. The van der Waals surface area contributed by atoms with E-state index in [4.69, 9.17) is 11.6 Å². The zero-order valence-electron chi connectivity index (χ0n) is 9.53. The zero-order valence-corrected chi connectivity index (χ0v) is 11.1. The summed E-state index contributed by atoms with van der Waals surface area (Å²) in [4.78, 5) is 0. The molecule has 0 amide bonds. The van der Waals surface area contributed by atoms with Gasteiger partial charge in [-0.05, 0) is 47.7 Å². The minimum Gasteiger partial charge on any atom is -0.152 e. The highest BCUT2D eigenvalue weighted by Crippen LogP contribution is 2.30. The third-order valence-corrected chi connectivity index (χ3v) is 4.00. The van der Waals surface area contributed by atoms with E-state index in [2.05, 4.69) is 48.9 Å². The Morgan fingerprint density at radius 3 is 2.69 bits per heavy atom. The van der Waals surface area contributed by atoms with Crippen molar-refractivity contribution in [3.05, 3.63) is 57.3 Å². The summed E-state index contributed by atoms with van der Waals surface area (Å²) in [6, 6.07) is 8.55. The van der Waals surface area contributed by atoms with Crippen molar-refractivity contribution in [1.29, 1.82) is 0 Å². The quantitative estimate of drug-likeness (QED) is 0.681. The van der Waals surface area contributed by atoms with Gasteiger partial charge >= 0.3 is 0 Å². The fraction of sp³-hybridized carbons (Fsp3) is 0.286. The molecule has 0 radical (unpaired) electrons. The molecule has 0 N–H and O–H groups in total. The summed E-state index contributed by atoms with van der Waals surface area (Å²) in [6.45, 7) is 4.24. The highest BCUT2D eigenvalue weighted by Gasteiger charge is 2.12. The Kier molecular flexibility index (Phi) is 3.67. The van der Waals surface area contributed by atoms with Crippen LogP contribution in [0.1, 0.15) is 27.6 Å². The van der Waals surface area contributed by atoms with Gasteiger partial charge < -0.3 is 0 Å². The normalized spacial score (nSPS) is 12.7. The Balaban J connectivity index is 2.14. The van der Waals surface area contributed by atoms with E-state index >= 15 is 0 Å². The van der Waals surface area contributed by atoms with E-state index < -0.39 is 0 Å². The Hall–Kier alpha value is -0.790. The maximum absolute atomic E-state index is 6.45. The SMILES string of the molecule is Cc1cccc(CC(Cl)c2cscc2C)c1. The highest BCUT2D eigenvalue weighted by molar-refractivity contribution is 7.08. The third kappa shape index (κ3) is 2.66. The van der Waals surface area contributed by atoms with Crippen LogP contribution in [0.4, 0.5) is 0 Å². The third-order valence-electron chi connectivity index (χ3n) is 2.73. The number of aryl methyl sites for hydroxylation is 2. The molecule has 0 saturated heterocycles. The number of halogens is 1. The Morgan fingerprint density at radius 1 is 1.25 bits per heavy atom. The second kappa shape index (κ2) is 5.03. The average Bonchev–Trinajstić information content (AvgIpc) is 2.64. The molecule has 0 bridgehead atoms. The summed E-state index contributed by atoms with van der Waals surface area (Å²) in [6.07, 6.45) is 0.904. The summed E-state index contributed by atoms with van der Waals surface area (Å²) in [5, 5.41) is 4.40. The van der Waals surface area contributed by atoms with Crippen molar-refractivity contribution < 1.29 is 0 Å². The molecule has 2 heteroatoms. The first kappa shape index (κ1) is 11.7. The molecule has 16 heavy (non-hydrogen) atoms. The van der Waals surface area contributed by atoms with Crippen molar-refractivity contribution in [1.82, 2.24) is 0 Å². The molecule has 0 spiro atoms. The number of hydrogen-bond acceptors (Lipinski definition) is 1. The van der Waals surface area contributed by atoms with Crippen LogP contribution in [0.25, 0.3) is 0 Å². The fourth-order valence-electron chi connectivity index (χ4n) is 1.85. The lowest BCUT2D eigenvalue weighted by Gasteiger charge is -2.09. The molecule has 1 aromatic carbocycles. The van der Waals surface area contributed by atoms with Crippen LogP contribution in [0, 0.1) is 13.8 Å². The summed E-state index contributed by atoms with van der Waals surface area (Å²) in [5.74, 6) is 0. The van der Waals surface area contributed by atoms with Gasteiger partial charge in [-0.15, -0.1) is 11.6 Å². The van der Waals surface area contributed by atoms with Gasteiger partial charge in [0, 0.05) is 0 Å². The topological polar surface area (TPSA) is 0 Å². The van der Waals surface area contributed by atoms with Crippen molar-refractivity contribution in [2.24, 2.45) is 0 Å². The second-order valence-electron chi connectivity index (χ2n) is 4.17. The van der Waals surface area contributed by atoms with E-state index in [-0.39, 0.29) is 5.38 Å². The lowest BCUT2D eigenvalue weighted by molar-refractivity contribution is 0.915. The van der Waals surface area contributed by atoms with Gasteiger partial charge in [0.25, 0.3) is 0 Å². The molecule has 1 unspecified atom stereocenters. The molecular formula is C14H15ClS. The summed E-state index contributed by atoms with van der Waals surface area (Å²) in [5.41, 5.74) is 5.18. The van der Waals surface area contributed by atoms with Crippen LogP contribution in [0.3, 0.4) is 0 Å². The van der Waals surface area contributed by atoms with Crippen molar-refractivity contribution in [3.63, 3.8) is 0 Å². The van der Waals surface area contributed by atoms with Gasteiger partial charge in [0.1, 0.15) is 0 Å². The van der Waals surface area contributed by atoms with Crippen molar-refractivity contribution in [2.75, 3.05) is 0 Å². The Bertz CT molecular complexity index is 473. The lowest BCUT2D eigenvalue weighted by atomic mass is 10.0. The van der Waals surface area contributed by atoms with E-state index in [9.17, 15) is 0 Å². The Morgan fingerprint density at radius 2 is 2.06 bits per heavy atom. The predicted molar refractivity (Wildman–Crippen MR) is 72.5 cm³/mol. The summed E-state index contributed by atoms with van der Waals surface area (Å²) in [7, 11) is 0. The molecule has 0 saturated carbocycles. The minimum absolute atomic E-state index is 0.0908. The molecule has 84 valence electrons. The van der Waals surface area contributed by atoms with E-state index in [1.807, 2.05) is 0 Å². The predicted octanol–water partition coefficient (Wildman–Crippen LogP) is 4.89. The zero-order chi connectivity index (χ0) is 11.5.